The van der Waals surface area contributed by atoms with Crippen LogP contribution < -0.4 is 0 Å². The molecule has 1 spiro atoms. The van der Waals surface area contributed by atoms with Crippen molar-refractivity contribution in [1.29, 1.82) is 0 Å². The van der Waals surface area contributed by atoms with Gasteiger partial charge in [0.25, 0.3) is 0 Å². The molecule has 2 fully saturated rings. The summed E-state index contributed by atoms with van der Waals surface area (Å²) in [6.45, 7) is 7.16. The van der Waals surface area contributed by atoms with E-state index < -0.39 is 5.72 Å². The molecule has 1 saturated carbocycles. The van der Waals surface area contributed by atoms with Gasteiger partial charge in [-0.3, -0.25) is 14.8 Å². The van der Waals surface area contributed by atoms with Crippen LogP contribution in [-0.2, 0) is 16.1 Å². The molecule has 5 atom stereocenters. The van der Waals surface area contributed by atoms with Gasteiger partial charge >= 0.3 is 0 Å². The first-order valence-electron chi connectivity index (χ1n) is 12.1. The zero-order chi connectivity index (χ0) is 22.3. The minimum atomic E-state index is -0.720. The molecular formula is C27H33N3O2. The number of benzene rings is 1. The number of fused-ring (bicyclic) bond motifs is 1. The molecule has 5 nitrogen and oxygen atoms in total. The summed E-state index contributed by atoms with van der Waals surface area (Å²) >= 11 is 0. The molecule has 1 aromatic carbocycles. The summed E-state index contributed by atoms with van der Waals surface area (Å²) in [4.78, 5) is 25.3. The fraction of sp³-hybridized carbons (Fsp3) is 0.519. The van der Waals surface area contributed by atoms with Crippen molar-refractivity contribution in [2.45, 2.75) is 70.9 Å². The van der Waals surface area contributed by atoms with Crippen LogP contribution in [0.3, 0.4) is 0 Å². The van der Waals surface area contributed by atoms with Crippen LogP contribution in [0.1, 0.15) is 63.5 Å². The van der Waals surface area contributed by atoms with E-state index in [1.54, 1.807) is 6.20 Å². The van der Waals surface area contributed by atoms with Crippen LogP contribution in [0.4, 0.5) is 0 Å². The van der Waals surface area contributed by atoms with E-state index in [9.17, 15) is 4.79 Å². The number of carbonyl (C=O) groups excluding carboxylic acids is 1. The molecule has 1 aliphatic carbocycles. The van der Waals surface area contributed by atoms with E-state index in [-0.39, 0.29) is 29.9 Å². The zero-order valence-corrected chi connectivity index (χ0v) is 19.3. The highest BCUT2D eigenvalue weighted by Gasteiger charge is 2.62. The largest absolute Gasteiger partial charge is 0.325 e. The third-order valence-electron chi connectivity index (χ3n) is 7.99. The van der Waals surface area contributed by atoms with E-state index in [0.29, 0.717) is 18.9 Å². The fourth-order valence-electron chi connectivity index (χ4n) is 6.00. The van der Waals surface area contributed by atoms with Gasteiger partial charge in [0.2, 0.25) is 5.91 Å². The molecule has 168 valence electrons. The van der Waals surface area contributed by atoms with Crippen molar-refractivity contribution in [2.24, 2.45) is 22.7 Å². The Morgan fingerprint density at radius 3 is 2.59 bits per heavy atom. The normalized spacial score (nSPS) is 31.6. The van der Waals surface area contributed by atoms with Crippen molar-refractivity contribution in [3.63, 3.8) is 0 Å². The van der Waals surface area contributed by atoms with Gasteiger partial charge in [-0.2, -0.15) is 0 Å². The van der Waals surface area contributed by atoms with Crippen molar-refractivity contribution < 1.29 is 9.53 Å². The van der Waals surface area contributed by atoms with Crippen molar-refractivity contribution >= 4 is 11.6 Å². The predicted molar refractivity (Wildman–Crippen MR) is 125 cm³/mol. The number of nitrogens with zero attached hydrogens (tertiary/aromatic N) is 3. The lowest BCUT2D eigenvalue weighted by Crippen LogP contribution is -2.52. The van der Waals surface area contributed by atoms with Gasteiger partial charge in [0.15, 0.2) is 12.0 Å². The molecular weight excluding hydrogens is 398 g/mol. The molecule has 0 N–H and O–H groups in total. The van der Waals surface area contributed by atoms with Crippen LogP contribution >= 0.6 is 0 Å². The number of ether oxygens (including phenoxy) is 1. The minimum absolute atomic E-state index is 0.0648. The standard InChI is InChI=1S/C27H33N3O2/c1-4-20(5-2)25-29-24-14-22(21-11-7-6-8-12-21)18(3)23-15-27(24,32-25)30(26(23)31)17-19-10-9-13-28-16-19/h6-13,16,18,20,22-23,25H,4-5,14-15,17H2,1-3H3/t18-,22+,23?,25-,27+/m1/s1. The average molecular weight is 432 g/mol. The molecule has 1 unspecified atom stereocenters. The Bertz CT molecular complexity index is 988. The van der Waals surface area contributed by atoms with Crippen molar-refractivity contribution in [1.82, 2.24) is 9.88 Å². The van der Waals surface area contributed by atoms with Crippen LogP contribution in [-0.4, -0.2) is 33.5 Å². The van der Waals surface area contributed by atoms with Gasteiger partial charge in [-0.1, -0.05) is 57.2 Å². The van der Waals surface area contributed by atoms with E-state index in [2.05, 4.69) is 56.1 Å². The second-order valence-electron chi connectivity index (χ2n) is 9.62. The molecule has 2 aromatic rings. The molecule has 2 aliphatic heterocycles. The van der Waals surface area contributed by atoms with Gasteiger partial charge in [-0.25, -0.2) is 0 Å². The van der Waals surface area contributed by atoms with Gasteiger partial charge < -0.3 is 9.64 Å². The first kappa shape index (κ1) is 21.3. The van der Waals surface area contributed by atoms with Crippen molar-refractivity contribution in [3.8, 4) is 0 Å². The zero-order valence-electron chi connectivity index (χ0n) is 19.3. The van der Waals surface area contributed by atoms with E-state index in [0.717, 1.165) is 30.5 Å². The molecule has 1 aromatic heterocycles. The lowest BCUT2D eigenvalue weighted by Gasteiger charge is -2.38. The SMILES string of the molecule is CCC(CC)[C@@H]1N=C2C[C@H](c3ccccc3)[C@@H](C)C3C[C@@]2(O1)N(Cc1cccnc1)C3=O. The smallest absolute Gasteiger partial charge is 0.229 e. The highest BCUT2D eigenvalue weighted by atomic mass is 16.6. The van der Waals surface area contributed by atoms with Crippen molar-refractivity contribution in [2.75, 3.05) is 0 Å². The molecule has 5 heteroatoms. The Morgan fingerprint density at radius 1 is 1.12 bits per heavy atom. The number of carbonyl (C=O) groups is 1. The van der Waals surface area contributed by atoms with E-state index in [4.69, 9.17) is 9.73 Å². The second kappa shape index (κ2) is 8.43. The maximum Gasteiger partial charge on any atom is 0.229 e. The molecule has 1 saturated heterocycles. The van der Waals surface area contributed by atoms with E-state index in [1.807, 2.05) is 23.2 Å². The van der Waals surface area contributed by atoms with E-state index in [1.165, 1.54) is 5.56 Å². The summed E-state index contributed by atoms with van der Waals surface area (Å²) < 4.78 is 6.84. The first-order chi connectivity index (χ1) is 15.6. The summed E-state index contributed by atoms with van der Waals surface area (Å²) in [5, 5.41) is 0. The number of likely N-dealkylation sites (tertiary alicyclic amines) is 1. The Balaban J connectivity index is 1.57. The third kappa shape index (κ3) is 3.38. The van der Waals surface area contributed by atoms with Gasteiger partial charge in [0, 0.05) is 30.7 Å². The van der Waals surface area contributed by atoms with Crippen LogP contribution in [0, 0.1) is 17.8 Å². The maximum atomic E-state index is 13.9. The molecule has 3 aliphatic rings. The average Bonchev–Trinajstić information content (AvgIpc) is 3.27. The summed E-state index contributed by atoms with van der Waals surface area (Å²) in [6, 6.07) is 14.6. The Morgan fingerprint density at radius 2 is 1.91 bits per heavy atom. The number of amides is 1. The monoisotopic (exact) mass is 431 g/mol. The summed E-state index contributed by atoms with van der Waals surface area (Å²) in [5.74, 6) is 0.996. The number of hydrogen-bond donors (Lipinski definition) is 0. The lowest BCUT2D eigenvalue weighted by atomic mass is 9.78. The van der Waals surface area contributed by atoms with Crippen LogP contribution in [0.25, 0.3) is 0 Å². The number of aliphatic imine (C=N–C) groups is 1. The molecule has 1 amide bonds. The quantitative estimate of drug-likeness (QED) is 0.633. The Kier molecular flexibility index (Phi) is 5.62. The molecule has 2 bridgehead atoms. The van der Waals surface area contributed by atoms with Crippen LogP contribution in [0.5, 0.6) is 0 Å². The van der Waals surface area contributed by atoms with Crippen LogP contribution in [0.15, 0.2) is 59.9 Å². The molecule has 5 rings (SSSR count). The highest BCUT2D eigenvalue weighted by molar-refractivity contribution is 6.01. The van der Waals surface area contributed by atoms with Crippen molar-refractivity contribution in [3.05, 3.63) is 66.0 Å². The molecule has 32 heavy (non-hydrogen) atoms. The number of aromatic nitrogens is 1. The summed E-state index contributed by atoms with van der Waals surface area (Å²) in [7, 11) is 0. The summed E-state index contributed by atoms with van der Waals surface area (Å²) in [5.41, 5.74) is 2.67. The minimum Gasteiger partial charge on any atom is -0.325 e. The number of pyridine rings is 1. The topological polar surface area (TPSA) is 54.8 Å². The molecule has 3 heterocycles. The lowest BCUT2D eigenvalue weighted by molar-refractivity contribution is -0.154. The fourth-order valence-corrected chi connectivity index (χ4v) is 6.00. The van der Waals surface area contributed by atoms with Crippen LogP contribution in [0.2, 0.25) is 0 Å². The van der Waals surface area contributed by atoms with Gasteiger partial charge in [-0.05, 0) is 48.3 Å². The highest BCUT2D eigenvalue weighted by Crippen LogP contribution is 2.53. The second-order valence-corrected chi connectivity index (χ2v) is 9.62. The first-order valence-corrected chi connectivity index (χ1v) is 12.1. The molecule has 0 radical (unpaired) electrons. The van der Waals surface area contributed by atoms with Gasteiger partial charge in [0.05, 0.1) is 12.3 Å². The van der Waals surface area contributed by atoms with E-state index >= 15 is 0 Å². The third-order valence-corrected chi connectivity index (χ3v) is 7.99. The predicted octanol–water partition coefficient (Wildman–Crippen LogP) is 5.18. The Labute approximate surface area is 190 Å². The number of hydrogen-bond acceptors (Lipinski definition) is 4. The Hall–Kier alpha value is -2.53. The maximum absolute atomic E-state index is 13.9. The van der Waals surface area contributed by atoms with Gasteiger partial charge in [0.1, 0.15) is 0 Å². The number of rotatable bonds is 6. The van der Waals surface area contributed by atoms with Gasteiger partial charge in [-0.15, -0.1) is 0 Å². The summed E-state index contributed by atoms with van der Waals surface area (Å²) in [6.07, 6.45) is 7.03.